The van der Waals surface area contributed by atoms with Crippen molar-refractivity contribution >= 4 is 27.5 Å². The molecular weight excluding hydrogens is 420 g/mol. The third kappa shape index (κ3) is 4.03. The van der Waals surface area contributed by atoms with E-state index in [-0.39, 0.29) is 41.0 Å². The van der Waals surface area contributed by atoms with Crippen molar-refractivity contribution in [3.63, 3.8) is 0 Å². The van der Waals surface area contributed by atoms with Crippen LogP contribution in [-0.4, -0.2) is 32.9 Å². The summed E-state index contributed by atoms with van der Waals surface area (Å²) >= 11 is 0. The van der Waals surface area contributed by atoms with E-state index in [1.165, 1.54) is 25.3 Å². The Labute approximate surface area is 181 Å². The van der Waals surface area contributed by atoms with Gasteiger partial charge in [0.15, 0.2) is 0 Å². The van der Waals surface area contributed by atoms with Crippen LogP contribution < -0.4 is 19.1 Å². The fraction of sp³-hybridized carbons (Fsp3) is 0.364. The van der Waals surface area contributed by atoms with Crippen LogP contribution in [0.2, 0.25) is 0 Å². The zero-order valence-corrected chi connectivity index (χ0v) is 18.4. The number of ether oxygens (including phenoxy) is 2. The Morgan fingerprint density at radius 1 is 1.10 bits per heavy atom. The molecule has 0 aromatic heterocycles. The maximum Gasteiger partial charge on any atom is 0.241 e. The normalized spacial score (nSPS) is 20.4. The van der Waals surface area contributed by atoms with Gasteiger partial charge in [0.1, 0.15) is 17.1 Å². The second kappa shape index (κ2) is 7.65. The molecule has 31 heavy (non-hydrogen) atoms. The molecule has 0 saturated carbocycles. The number of carbonyl (C=O) groups is 2. The van der Waals surface area contributed by atoms with Crippen LogP contribution in [0.25, 0.3) is 0 Å². The molecule has 164 valence electrons. The van der Waals surface area contributed by atoms with Crippen molar-refractivity contribution in [3.05, 3.63) is 48.0 Å². The van der Waals surface area contributed by atoms with Gasteiger partial charge in [-0.05, 0) is 38.1 Å². The van der Waals surface area contributed by atoms with E-state index < -0.39 is 21.7 Å². The van der Waals surface area contributed by atoms with Crippen molar-refractivity contribution < 1.29 is 27.5 Å². The van der Waals surface area contributed by atoms with Crippen LogP contribution in [0.1, 0.15) is 44.7 Å². The lowest BCUT2D eigenvalue weighted by molar-refractivity contribution is -0.121. The van der Waals surface area contributed by atoms with E-state index in [4.69, 9.17) is 9.47 Å². The number of sulfonamides is 1. The first-order valence-electron chi connectivity index (χ1n) is 9.95. The van der Waals surface area contributed by atoms with Crippen LogP contribution in [0.4, 0.5) is 5.69 Å². The number of fused-ring (bicyclic) bond motifs is 1. The van der Waals surface area contributed by atoms with Crippen molar-refractivity contribution in [2.24, 2.45) is 0 Å². The molecule has 2 heterocycles. The number of imide groups is 1. The van der Waals surface area contributed by atoms with E-state index in [0.717, 1.165) is 10.5 Å². The molecular formula is C22H24N2O6S. The highest BCUT2D eigenvalue weighted by Gasteiger charge is 2.37. The van der Waals surface area contributed by atoms with Gasteiger partial charge >= 0.3 is 0 Å². The number of benzene rings is 2. The van der Waals surface area contributed by atoms with Crippen molar-refractivity contribution in [2.75, 3.05) is 12.0 Å². The lowest BCUT2D eigenvalue weighted by Gasteiger charge is -2.37. The Bertz CT molecular complexity index is 1140. The Morgan fingerprint density at radius 2 is 1.77 bits per heavy atom. The number of amides is 2. The third-order valence-electron chi connectivity index (χ3n) is 5.43. The Balaban J connectivity index is 1.71. The Kier molecular flexibility index (Phi) is 5.26. The average Bonchev–Trinajstić information content (AvgIpc) is 3.04. The smallest absolute Gasteiger partial charge is 0.241 e. The molecule has 0 spiro atoms. The summed E-state index contributed by atoms with van der Waals surface area (Å²) in [5.74, 6) is 0.118. The molecule has 2 aromatic carbocycles. The number of hydrogen-bond donors (Lipinski definition) is 1. The van der Waals surface area contributed by atoms with E-state index >= 15 is 0 Å². The van der Waals surface area contributed by atoms with Crippen molar-refractivity contribution in [1.82, 2.24) is 4.72 Å². The second-order valence-corrected chi connectivity index (χ2v) is 9.95. The van der Waals surface area contributed by atoms with Gasteiger partial charge in [-0.25, -0.2) is 18.0 Å². The molecule has 2 aliphatic heterocycles. The van der Waals surface area contributed by atoms with Gasteiger partial charge in [0.25, 0.3) is 0 Å². The molecule has 0 radical (unpaired) electrons. The molecule has 1 N–H and O–H groups in total. The number of methoxy groups -OCH3 is 1. The van der Waals surface area contributed by atoms with Gasteiger partial charge in [-0.1, -0.05) is 18.2 Å². The first kappa shape index (κ1) is 21.3. The van der Waals surface area contributed by atoms with Crippen LogP contribution in [0.5, 0.6) is 11.5 Å². The largest absolute Gasteiger partial charge is 0.495 e. The number of carbonyl (C=O) groups excluding carboxylic acids is 2. The number of anilines is 1. The maximum atomic E-state index is 13.3. The minimum Gasteiger partial charge on any atom is -0.495 e. The molecule has 1 atom stereocenters. The Morgan fingerprint density at radius 3 is 2.45 bits per heavy atom. The minimum absolute atomic E-state index is 0.0578. The average molecular weight is 445 g/mol. The summed E-state index contributed by atoms with van der Waals surface area (Å²) in [7, 11) is -2.58. The summed E-state index contributed by atoms with van der Waals surface area (Å²) in [6.45, 7) is 3.81. The molecule has 0 aliphatic carbocycles. The van der Waals surface area contributed by atoms with Gasteiger partial charge < -0.3 is 9.47 Å². The zero-order chi connectivity index (χ0) is 22.4. The SMILES string of the molecule is COc1ccc(S(=O)(=O)NC2CC(C)(C)Oc3ccccc32)cc1N1C(=O)CCC1=O. The standard InChI is InChI=1S/C22H24N2O6S/c1-22(2)13-16(15-6-4-5-7-18(15)30-22)23-31(27,28)14-8-9-19(29-3)17(12-14)24-20(25)10-11-21(24)26/h4-9,12,16,23H,10-11,13H2,1-3H3. The fourth-order valence-corrected chi connectivity index (χ4v) is 5.25. The predicted octanol–water partition coefficient (Wildman–Crippen LogP) is 2.93. The molecule has 1 fully saturated rings. The quantitative estimate of drug-likeness (QED) is 0.712. The molecule has 4 rings (SSSR count). The molecule has 1 unspecified atom stereocenters. The van der Waals surface area contributed by atoms with Crippen LogP contribution in [0, 0.1) is 0 Å². The van der Waals surface area contributed by atoms with Gasteiger partial charge in [-0.3, -0.25) is 9.59 Å². The van der Waals surface area contributed by atoms with E-state index in [1.54, 1.807) is 0 Å². The van der Waals surface area contributed by atoms with E-state index in [1.807, 2.05) is 38.1 Å². The summed E-state index contributed by atoms with van der Waals surface area (Å²) in [5, 5.41) is 0. The van der Waals surface area contributed by atoms with Crippen molar-refractivity contribution in [2.45, 2.75) is 49.6 Å². The highest BCUT2D eigenvalue weighted by Crippen LogP contribution is 2.40. The molecule has 8 nitrogen and oxygen atoms in total. The first-order chi connectivity index (χ1) is 14.6. The molecule has 2 amide bonds. The van der Waals surface area contributed by atoms with Crippen LogP contribution in [-0.2, 0) is 19.6 Å². The summed E-state index contributed by atoms with van der Waals surface area (Å²) < 4.78 is 40.5. The van der Waals surface area contributed by atoms with Crippen LogP contribution >= 0.6 is 0 Å². The van der Waals surface area contributed by atoms with E-state index in [9.17, 15) is 18.0 Å². The lowest BCUT2D eigenvalue weighted by atomic mass is 9.90. The lowest BCUT2D eigenvalue weighted by Crippen LogP contribution is -2.41. The molecule has 2 aliphatic rings. The number of rotatable bonds is 5. The van der Waals surface area contributed by atoms with Crippen molar-refractivity contribution in [1.29, 1.82) is 0 Å². The van der Waals surface area contributed by atoms with Crippen LogP contribution in [0.15, 0.2) is 47.4 Å². The van der Waals surface area contributed by atoms with Gasteiger partial charge in [-0.15, -0.1) is 0 Å². The number of hydrogen-bond acceptors (Lipinski definition) is 6. The summed E-state index contributed by atoms with van der Waals surface area (Å²) in [6.07, 6.45) is 0.617. The summed E-state index contributed by atoms with van der Waals surface area (Å²) in [4.78, 5) is 25.4. The molecule has 2 aromatic rings. The molecule has 0 bridgehead atoms. The Hall–Kier alpha value is -2.91. The van der Waals surface area contributed by atoms with Crippen LogP contribution in [0.3, 0.4) is 0 Å². The topological polar surface area (TPSA) is 102 Å². The highest BCUT2D eigenvalue weighted by molar-refractivity contribution is 7.89. The van der Waals surface area contributed by atoms with Gasteiger partial charge in [0, 0.05) is 24.8 Å². The monoisotopic (exact) mass is 444 g/mol. The number of para-hydroxylation sites is 1. The molecule has 9 heteroatoms. The second-order valence-electron chi connectivity index (χ2n) is 8.23. The highest BCUT2D eigenvalue weighted by atomic mass is 32.2. The third-order valence-corrected chi connectivity index (χ3v) is 6.90. The van der Waals surface area contributed by atoms with E-state index in [2.05, 4.69) is 4.72 Å². The zero-order valence-electron chi connectivity index (χ0n) is 17.5. The number of nitrogens with one attached hydrogen (secondary N) is 1. The van der Waals surface area contributed by atoms with Crippen molar-refractivity contribution in [3.8, 4) is 11.5 Å². The predicted molar refractivity (Wildman–Crippen MR) is 114 cm³/mol. The van der Waals surface area contributed by atoms with Gasteiger partial charge in [0.2, 0.25) is 21.8 Å². The summed E-state index contributed by atoms with van der Waals surface area (Å²) in [5.41, 5.74) is 0.329. The number of nitrogens with zero attached hydrogens (tertiary/aromatic N) is 1. The molecule has 1 saturated heterocycles. The van der Waals surface area contributed by atoms with E-state index in [0.29, 0.717) is 12.2 Å². The fourth-order valence-electron chi connectivity index (χ4n) is 4.02. The van der Waals surface area contributed by atoms with Gasteiger partial charge in [0.05, 0.1) is 23.7 Å². The minimum atomic E-state index is -3.98. The summed E-state index contributed by atoms with van der Waals surface area (Å²) in [6, 6.07) is 11.0. The first-order valence-corrected chi connectivity index (χ1v) is 11.4. The maximum absolute atomic E-state index is 13.3. The van der Waals surface area contributed by atoms with Gasteiger partial charge in [-0.2, -0.15) is 0 Å².